The molecule has 7 heteroatoms. The van der Waals surface area contributed by atoms with Crippen LogP contribution in [0.15, 0.2) is 22.7 Å². The first kappa shape index (κ1) is 14.9. The van der Waals surface area contributed by atoms with Gasteiger partial charge in [0.1, 0.15) is 0 Å². The smallest absolute Gasteiger partial charge is 0.285 e. The van der Waals surface area contributed by atoms with E-state index in [0.29, 0.717) is 4.47 Å². The molecular formula is C13H14BrN3O2S. The van der Waals surface area contributed by atoms with Crippen LogP contribution in [0.2, 0.25) is 0 Å². The summed E-state index contributed by atoms with van der Waals surface area (Å²) in [5.41, 5.74) is 1.77. The van der Waals surface area contributed by atoms with E-state index in [0.717, 1.165) is 21.3 Å². The van der Waals surface area contributed by atoms with E-state index < -0.39 is 4.92 Å². The van der Waals surface area contributed by atoms with Crippen molar-refractivity contribution in [2.75, 3.05) is 5.32 Å². The van der Waals surface area contributed by atoms with Crippen LogP contribution in [0.3, 0.4) is 0 Å². The van der Waals surface area contributed by atoms with Gasteiger partial charge in [0.25, 0.3) is 5.69 Å². The first-order chi connectivity index (χ1) is 9.38. The SMILES string of the molecule is Cc1nc(C)c(C(C)Nc2ccc(Br)c([N+](=O)[O-])c2)s1. The highest BCUT2D eigenvalue weighted by molar-refractivity contribution is 9.10. The maximum absolute atomic E-state index is 10.9. The van der Waals surface area contributed by atoms with E-state index in [-0.39, 0.29) is 11.7 Å². The summed E-state index contributed by atoms with van der Waals surface area (Å²) in [5, 5.41) is 15.2. The number of hydrogen-bond donors (Lipinski definition) is 1. The number of nitrogens with zero attached hydrogens (tertiary/aromatic N) is 2. The van der Waals surface area contributed by atoms with E-state index in [1.54, 1.807) is 17.4 Å². The first-order valence-corrected chi connectivity index (χ1v) is 7.64. The number of rotatable bonds is 4. The van der Waals surface area contributed by atoms with Crippen LogP contribution in [-0.2, 0) is 0 Å². The Morgan fingerprint density at radius 3 is 2.70 bits per heavy atom. The van der Waals surface area contributed by atoms with Crippen molar-refractivity contribution < 1.29 is 4.92 Å². The van der Waals surface area contributed by atoms with Gasteiger partial charge in [0.05, 0.1) is 26.1 Å². The van der Waals surface area contributed by atoms with Crippen molar-refractivity contribution in [3.8, 4) is 0 Å². The third-order valence-corrected chi connectivity index (χ3v) is 4.78. The lowest BCUT2D eigenvalue weighted by molar-refractivity contribution is -0.385. The molecule has 5 nitrogen and oxygen atoms in total. The Bertz CT molecular complexity index is 657. The summed E-state index contributed by atoms with van der Waals surface area (Å²) < 4.78 is 0.477. The zero-order valence-electron chi connectivity index (χ0n) is 11.3. The van der Waals surface area contributed by atoms with E-state index in [9.17, 15) is 10.1 Å². The summed E-state index contributed by atoms with van der Waals surface area (Å²) in [6.07, 6.45) is 0. The summed E-state index contributed by atoms with van der Waals surface area (Å²) in [5.74, 6) is 0. The summed E-state index contributed by atoms with van der Waals surface area (Å²) >= 11 is 4.82. The molecule has 0 aliphatic rings. The van der Waals surface area contributed by atoms with E-state index >= 15 is 0 Å². The van der Waals surface area contributed by atoms with Gasteiger partial charge in [-0.2, -0.15) is 0 Å². The third kappa shape index (κ3) is 3.16. The van der Waals surface area contributed by atoms with Crippen LogP contribution in [0.1, 0.15) is 28.5 Å². The number of aromatic nitrogens is 1. The fraction of sp³-hybridized carbons (Fsp3) is 0.308. The number of hydrogen-bond acceptors (Lipinski definition) is 5. The molecule has 0 saturated heterocycles. The number of nitrogens with one attached hydrogen (secondary N) is 1. The van der Waals surface area contributed by atoms with Gasteiger partial charge in [0.15, 0.2) is 0 Å². The number of nitro groups is 1. The molecule has 1 atom stereocenters. The summed E-state index contributed by atoms with van der Waals surface area (Å²) in [6.45, 7) is 5.97. The number of benzene rings is 1. The van der Waals surface area contributed by atoms with Crippen molar-refractivity contribution in [2.45, 2.75) is 26.8 Å². The zero-order valence-corrected chi connectivity index (χ0v) is 13.7. The molecule has 0 amide bonds. The largest absolute Gasteiger partial charge is 0.377 e. The van der Waals surface area contributed by atoms with Crippen molar-refractivity contribution in [1.82, 2.24) is 4.98 Å². The van der Waals surface area contributed by atoms with Gasteiger partial charge in [-0.1, -0.05) is 0 Å². The second kappa shape index (κ2) is 5.88. The Morgan fingerprint density at radius 2 is 2.15 bits per heavy atom. The Labute approximate surface area is 129 Å². The van der Waals surface area contributed by atoms with Crippen LogP contribution < -0.4 is 5.32 Å². The molecule has 0 fully saturated rings. The van der Waals surface area contributed by atoms with Crippen LogP contribution in [0.4, 0.5) is 11.4 Å². The fourth-order valence-corrected chi connectivity index (χ4v) is 3.33. The quantitative estimate of drug-likeness (QED) is 0.642. The molecule has 1 aromatic carbocycles. The van der Waals surface area contributed by atoms with Gasteiger partial charge in [-0.05, 0) is 48.8 Å². The number of nitro benzene ring substituents is 1. The average Bonchev–Trinajstić information content (AvgIpc) is 2.70. The van der Waals surface area contributed by atoms with Crippen LogP contribution in [-0.4, -0.2) is 9.91 Å². The highest BCUT2D eigenvalue weighted by Gasteiger charge is 2.16. The average molecular weight is 356 g/mol. The van der Waals surface area contributed by atoms with Gasteiger partial charge in [0, 0.05) is 16.6 Å². The van der Waals surface area contributed by atoms with E-state index in [1.807, 2.05) is 26.8 Å². The summed E-state index contributed by atoms with van der Waals surface area (Å²) in [4.78, 5) is 16.1. The first-order valence-electron chi connectivity index (χ1n) is 6.03. The van der Waals surface area contributed by atoms with Crippen LogP contribution >= 0.6 is 27.3 Å². The predicted molar refractivity (Wildman–Crippen MR) is 84.4 cm³/mol. The van der Waals surface area contributed by atoms with E-state index in [4.69, 9.17) is 0 Å². The Kier molecular flexibility index (Phi) is 4.39. The van der Waals surface area contributed by atoms with Crippen molar-refractivity contribution in [3.05, 3.63) is 48.4 Å². The molecule has 1 N–H and O–H groups in total. The highest BCUT2D eigenvalue weighted by atomic mass is 79.9. The molecule has 1 aromatic heterocycles. The van der Waals surface area contributed by atoms with Gasteiger partial charge in [-0.15, -0.1) is 11.3 Å². The molecule has 0 saturated carbocycles. The summed E-state index contributed by atoms with van der Waals surface area (Å²) in [6, 6.07) is 5.08. The minimum Gasteiger partial charge on any atom is -0.377 e. The normalized spacial score (nSPS) is 12.2. The lowest BCUT2D eigenvalue weighted by atomic mass is 10.2. The molecule has 2 aromatic rings. The highest BCUT2D eigenvalue weighted by Crippen LogP contribution is 2.31. The topological polar surface area (TPSA) is 68.1 Å². The second-order valence-electron chi connectivity index (χ2n) is 4.47. The molecule has 106 valence electrons. The number of anilines is 1. The molecule has 1 unspecified atom stereocenters. The summed E-state index contributed by atoms with van der Waals surface area (Å²) in [7, 11) is 0. The van der Waals surface area contributed by atoms with Gasteiger partial charge >= 0.3 is 0 Å². The Balaban J connectivity index is 2.24. The van der Waals surface area contributed by atoms with Crippen molar-refractivity contribution in [1.29, 1.82) is 0 Å². The number of aryl methyl sites for hydroxylation is 2. The maximum Gasteiger partial charge on any atom is 0.285 e. The minimum atomic E-state index is -0.401. The Morgan fingerprint density at radius 1 is 1.45 bits per heavy atom. The maximum atomic E-state index is 10.9. The van der Waals surface area contributed by atoms with Crippen LogP contribution in [0, 0.1) is 24.0 Å². The monoisotopic (exact) mass is 355 g/mol. The molecule has 0 bridgehead atoms. The third-order valence-electron chi connectivity index (χ3n) is 2.86. The number of thiazole rings is 1. The molecule has 0 aliphatic carbocycles. The van der Waals surface area contributed by atoms with Gasteiger partial charge in [-0.25, -0.2) is 4.98 Å². The molecule has 0 spiro atoms. The molecule has 0 radical (unpaired) electrons. The van der Waals surface area contributed by atoms with E-state index in [2.05, 4.69) is 26.2 Å². The zero-order chi connectivity index (χ0) is 14.9. The minimum absolute atomic E-state index is 0.0550. The van der Waals surface area contributed by atoms with E-state index in [1.165, 1.54) is 6.07 Å². The molecule has 20 heavy (non-hydrogen) atoms. The standard InChI is InChI=1S/C13H14BrN3O2S/c1-7-13(20-9(3)15-7)8(2)16-10-4-5-11(14)12(6-10)17(18)19/h4-6,8,16H,1-3H3. The second-order valence-corrected chi connectivity index (χ2v) is 6.56. The fourth-order valence-electron chi connectivity index (χ4n) is 2.01. The van der Waals surface area contributed by atoms with Crippen molar-refractivity contribution in [3.63, 3.8) is 0 Å². The van der Waals surface area contributed by atoms with Crippen molar-refractivity contribution >= 4 is 38.6 Å². The predicted octanol–water partition coefficient (Wildman–Crippen LogP) is 4.60. The van der Waals surface area contributed by atoms with Gasteiger partial charge in [-0.3, -0.25) is 10.1 Å². The molecular weight excluding hydrogens is 342 g/mol. The molecule has 0 aliphatic heterocycles. The van der Waals surface area contributed by atoms with Gasteiger partial charge in [0.2, 0.25) is 0 Å². The molecule has 1 heterocycles. The Hall–Kier alpha value is -1.47. The lowest BCUT2D eigenvalue weighted by Gasteiger charge is -2.14. The van der Waals surface area contributed by atoms with Crippen molar-refractivity contribution in [2.24, 2.45) is 0 Å². The van der Waals surface area contributed by atoms with Crippen LogP contribution in [0.25, 0.3) is 0 Å². The van der Waals surface area contributed by atoms with Gasteiger partial charge < -0.3 is 5.32 Å². The number of halogens is 1. The molecule has 2 rings (SSSR count). The van der Waals surface area contributed by atoms with Crippen LogP contribution in [0.5, 0.6) is 0 Å². The lowest BCUT2D eigenvalue weighted by Crippen LogP contribution is -2.06.